The number of hydrogen-bond donors (Lipinski definition) is 0. The fourth-order valence-corrected chi connectivity index (χ4v) is 3.01. The number of rotatable bonds is 6. The lowest BCUT2D eigenvalue weighted by molar-refractivity contribution is -0.147. The average molecular weight is 356 g/mol. The Morgan fingerprint density at radius 1 is 1.28 bits per heavy atom. The van der Waals surface area contributed by atoms with E-state index in [2.05, 4.69) is 4.74 Å². The normalized spacial score (nSPS) is 22.3. The number of morpholine rings is 1. The second kappa shape index (κ2) is 8.58. The minimum Gasteiger partial charge on any atom is -0.435 e. The molecule has 1 fully saturated rings. The summed E-state index contributed by atoms with van der Waals surface area (Å²) in [6, 6.07) is 6.18. The summed E-state index contributed by atoms with van der Waals surface area (Å²) >= 11 is 0. The minimum atomic E-state index is -2.83. The summed E-state index contributed by atoms with van der Waals surface area (Å²) in [5.41, 5.74) is 0.924. The fourth-order valence-electron chi connectivity index (χ4n) is 3.01. The van der Waals surface area contributed by atoms with E-state index >= 15 is 0 Å². The number of carbonyl (C=O) groups is 1. The van der Waals surface area contributed by atoms with Gasteiger partial charge in [0.25, 0.3) is 0 Å². The van der Waals surface area contributed by atoms with Gasteiger partial charge < -0.3 is 14.4 Å². The highest BCUT2D eigenvalue weighted by Gasteiger charge is 2.30. The molecule has 1 saturated heterocycles. The van der Waals surface area contributed by atoms with Crippen LogP contribution < -0.4 is 4.74 Å². The van der Waals surface area contributed by atoms with Crippen LogP contribution in [-0.4, -0.2) is 60.7 Å². The zero-order chi connectivity index (χ0) is 18.6. The Hall–Kier alpha value is -1.73. The topological polar surface area (TPSA) is 42.0 Å². The van der Waals surface area contributed by atoms with Gasteiger partial charge in [0, 0.05) is 19.6 Å². The van der Waals surface area contributed by atoms with E-state index in [1.807, 2.05) is 37.6 Å². The maximum atomic E-state index is 12.7. The molecule has 25 heavy (non-hydrogen) atoms. The molecule has 0 spiro atoms. The molecular formula is C18H26F2N2O3. The molecule has 1 heterocycles. The van der Waals surface area contributed by atoms with Gasteiger partial charge in [0.2, 0.25) is 5.91 Å². The third-order valence-corrected chi connectivity index (χ3v) is 4.33. The lowest BCUT2D eigenvalue weighted by atomic mass is 10.1. The molecule has 0 bridgehead atoms. The molecule has 1 aromatic carbocycles. The van der Waals surface area contributed by atoms with Crippen molar-refractivity contribution in [3.8, 4) is 5.75 Å². The standard InChI is InChI=1S/C18H26F2N2O3/c1-12-9-22(10-13(2)24-12)17(23)14(3)21(4)11-15-5-7-16(8-6-15)25-18(19)20/h5-8,12-14,18H,9-11H2,1-4H3. The van der Waals surface area contributed by atoms with Gasteiger partial charge in [-0.25, -0.2) is 0 Å². The number of nitrogens with zero attached hydrogens (tertiary/aromatic N) is 2. The fraction of sp³-hybridized carbons (Fsp3) is 0.611. The van der Waals surface area contributed by atoms with Gasteiger partial charge in [0.05, 0.1) is 18.2 Å². The van der Waals surface area contributed by atoms with Crippen molar-refractivity contribution in [2.24, 2.45) is 0 Å². The Morgan fingerprint density at radius 2 is 1.84 bits per heavy atom. The highest BCUT2D eigenvalue weighted by molar-refractivity contribution is 5.81. The number of benzene rings is 1. The summed E-state index contributed by atoms with van der Waals surface area (Å²) in [4.78, 5) is 16.5. The monoisotopic (exact) mass is 356 g/mol. The Balaban J connectivity index is 1.92. The summed E-state index contributed by atoms with van der Waals surface area (Å²) < 4.78 is 34.4. The van der Waals surface area contributed by atoms with Gasteiger partial charge in [-0.2, -0.15) is 8.78 Å². The van der Waals surface area contributed by atoms with E-state index in [1.54, 1.807) is 12.1 Å². The van der Waals surface area contributed by atoms with Crippen molar-refractivity contribution < 1.29 is 23.0 Å². The van der Waals surface area contributed by atoms with Gasteiger partial charge in [-0.1, -0.05) is 12.1 Å². The van der Waals surface area contributed by atoms with Gasteiger partial charge in [-0.05, 0) is 45.5 Å². The molecule has 7 heteroatoms. The van der Waals surface area contributed by atoms with Crippen LogP contribution in [0.2, 0.25) is 0 Å². The van der Waals surface area contributed by atoms with Crippen molar-refractivity contribution in [1.29, 1.82) is 0 Å². The van der Waals surface area contributed by atoms with E-state index < -0.39 is 6.61 Å². The molecule has 140 valence electrons. The Bertz CT molecular complexity index is 558. The van der Waals surface area contributed by atoms with Crippen molar-refractivity contribution in [3.05, 3.63) is 29.8 Å². The molecular weight excluding hydrogens is 330 g/mol. The maximum absolute atomic E-state index is 12.7. The van der Waals surface area contributed by atoms with Crippen LogP contribution in [0.15, 0.2) is 24.3 Å². The molecule has 1 aliphatic heterocycles. The molecule has 2 rings (SSSR count). The predicted octanol–water partition coefficient (Wildman–Crippen LogP) is 2.74. The van der Waals surface area contributed by atoms with Crippen molar-refractivity contribution in [2.75, 3.05) is 20.1 Å². The number of hydrogen-bond acceptors (Lipinski definition) is 4. The number of ether oxygens (including phenoxy) is 2. The molecule has 3 atom stereocenters. The Kier molecular flexibility index (Phi) is 6.72. The third-order valence-electron chi connectivity index (χ3n) is 4.33. The van der Waals surface area contributed by atoms with Crippen LogP contribution in [0, 0.1) is 0 Å². The van der Waals surface area contributed by atoms with Gasteiger partial charge in [0.15, 0.2) is 0 Å². The number of halogens is 2. The first-order chi connectivity index (χ1) is 11.8. The molecule has 0 radical (unpaired) electrons. The van der Waals surface area contributed by atoms with Crippen LogP contribution in [-0.2, 0) is 16.1 Å². The van der Waals surface area contributed by atoms with Crippen LogP contribution in [0.1, 0.15) is 26.3 Å². The molecule has 1 aromatic rings. The first kappa shape index (κ1) is 19.6. The molecule has 0 aromatic heterocycles. The van der Waals surface area contributed by atoms with E-state index in [1.165, 1.54) is 12.1 Å². The molecule has 0 saturated carbocycles. The van der Waals surface area contributed by atoms with E-state index in [9.17, 15) is 13.6 Å². The minimum absolute atomic E-state index is 0.0348. The lowest BCUT2D eigenvalue weighted by Crippen LogP contribution is -2.53. The SMILES string of the molecule is CC1CN(C(=O)C(C)N(C)Cc2ccc(OC(F)F)cc2)CC(C)O1. The van der Waals surface area contributed by atoms with Crippen LogP contribution in [0.25, 0.3) is 0 Å². The molecule has 0 aliphatic carbocycles. The predicted molar refractivity (Wildman–Crippen MR) is 90.6 cm³/mol. The molecule has 5 nitrogen and oxygen atoms in total. The number of carbonyl (C=O) groups excluding carboxylic acids is 1. The second-order valence-electron chi connectivity index (χ2n) is 6.61. The van der Waals surface area contributed by atoms with Crippen molar-refractivity contribution in [1.82, 2.24) is 9.80 Å². The van der Waals surface area contributed by atoms with Crippen molar-refractivity contribution in [2.45, 2.75) is 52.2 Å². The summed E-state index contributed by atoms with van der Waals surface area (Å²) in [5, 5.41) is 0. The van der Waals surface area contributed by atoms with Gasteiger partial charge in [0.1, 0.15) is 5.75 Å². The van der Waals surface area contributed by atoms with E-state index in [4.69, 9.17) is 4.74 Å². The van der Waals surface area contributed by atoms with Gasteiger partial charge >= 0.3 is 6.61 Å². The zero-order valence-electron chi connectivity index (χ0n) is 15.1. The first-order valence-corrected chi connectivity index (χ1v) is 8.44. The Morgan fingerprint density at radius 3 is 2.36 bits per heavy atom. The summed E-state index contributed by atoms with van der Waals surface area (Å²) in [7, 11) is 1.87. The van der Waals surface area contributed by atoms with Crippen LogP contribution in [0.4, 0.5) is 8.78 Å². The van der Waals surface area contributed by atoms with Crippen LogP contribution >= 0.6 is 0 Å². The number of likely N-dealkylation sites (N-methyl/N-ethyl adjacent to an activating group) is 1. The number of amides is 1. The molecule has 0 N–H and O–H groups in total. The highest BCUT2D eigenvalue weighted by Crippen LogP contribution is 2.18. The van der Waals surface area contributed by atoms with Gasteiger partial charge in [-0.3, -0.25) is 9.69 Å². The summed E-state index contributed by atoms with van der Waals surface area (Å²) in [6.07, 6.45) is 0.0696. The smallest absolute Gasteiger partial charge is 0.387 e. The highest BCUT2D eigenvalue weighted by atomic mass is 19.3. The maximum Gasteiger partial charge on any atom is 0.387 e. The van der Waals surface area contributed by atoms with E-state index in [0.717, 1.165) is 5.56 Å². The van der Waals surface area contributed by atoms with E-state index in [0.29, 0.717) is 19.6 Å². The summed E-state index contributed by atoms with van der Waals surface area (Å²) in [5.74, 6) is 0.198. The third kappa shape index (κ3) is 5.64. The summed E-state index contributed by atoms with van der Waals surface area (Å²) in [6.45, 7) is 4.71. The van der Waals surface area contributed by atoms with Crippen LogP contribution in [0.5, 0.6) is 5.75 Å². The molecule has 1 aliphatic rings. The van der Waals surface area contributed by atoms with Gasteiger partial charge in [-0.15, -0.1) is 0 Å². The van der Waals surface area contributed by atoms with Crippen molar-refractivity contribution >= 4 is 5.91 Å². The van der Waals surface area contributed by atoms with Crippen molar-refractivity contribution in [3.63, 3.8) is 0 Å². The zero-order valence-corrected chi connectivity index (χ0v) is 15.1. The van der Waals surface area contributed by atoms with E-state index in [-0.39, 0.29) is 29.9 Å². The Labute approximate surface area is 147 Å². The average Bonchev–Trinajstić information content (AvgIpc) is 2.53. The largest absolute Gasteiger partial charge is 0.435 e. The number of alkyl halides is 2. The molecule has 1 amide bonds. The quantitative estimate of drug-likeness (QED) is 0.786. The first-order valence-electron chi connectivity index (χ1n) is 8.44. The van der Waals surface area contributed by atoms with Crippen LogP contribution in [0.3, 0.4) is 0 Å². The second-order valence-corrected chi connectivity index (χ2v) is 6.61. The molecule has 3 unspecified atom stereocenters. The lowest BCUT2D eigenvalue weighted by Gasteiger charge is -2.38.